The van der Waals surface area contributed by atoms with Gasteiger partial charge in [0, 0.05) is 19.5 Å². The van der Waals surface area contributed by atoms with E-state index < -0.39 is 10.1 Å². The van der Waals surface area contributed by atoms with Gasteiger partial charge < -0.3 is 9.08 Å². The lowest BCUT2D eigenvalue weighted by atomic mass is 9.84. The number of rotatable bonds is 9. The molecule has 0 aliphatic heterocycles. The zero-order chi connectivity index (χ0) is 22.4. The second-order valence-corrected chi connectivity index (χ2v) is 10.8. The van der Waals surface area contributed by atoms with Crippen LogP contribution in [0.5, 0.6) is 5.75 Å². The molecule has 0 heterocycles. The molecule has 1 amide bonds. The molecule has 0 saturated carbocycles. The highest BCUT2D eigenvalue weighted by molar-refractivity contribution is 7.86. The smallest absolute Gasteiger partial charge is 0.306 e. The zero-order valence-electron chi connectivity index (χ0n) is 18.6. The van der Waals surface area contributed by atoms with Crippen molar-refractivity contribution < 1.29 is 17.4 Å². The third kappa shape index (κ3) is 8.99. The number of hydrogen-bond donors (Lipinski definition) is 0. The summed E-state index contributed by atoms with van der Waals surface area (Å²) in [5, 5.41) is 0. The molecule has 5 nitrogen and oxygen atoms in total. The monoisotopic (exact) mass is 431 g/mol. The van der Waals surface area contributed by atoms with Gasteiger partial charge in [-0.05, 0) is 41.0 Å². The summed E-state index contributed by atoms with van der Waals surface area (Å²) in [5.74, 6) is 0.675. The summed E-state index contributed by atoms with van der Waals surface area (Å²) in [7, 11) is -3.56. The summed E-state index contributed by atoms with van der Waals surface area (Å²) in [6.07, 6.45) is 2.49. The molecule has 2 rings (SSSR count). The fraction of sp³-hybridized carbons (Fsp3) is 0.458. The Morgan fingerprint density at radius 1 is 0.967 bits per heavy atom. The highest BCUT2D eigenvalue weighted by atomic mass is 32.2. The SMILES string of the molecule is C[C@@H](CC(=O)N(Cc1ccccc1)Cc1ccc(OS(C)(=O)=O)cc1)CC(C)(C)C. The molecule has 0 unspecified atom stereocenters. The van der Waals surface area contributed by atoms with Crippen LogP contribution < -0.4 is 4.18 Å². The first kappa shape index (κ1) is 23.9. The van der Waals surface area contributed by atoms with Gasteiger partial charge in [0.05, 0.1) is 6.26 Å². The summed E-state index contributed by atoms with van der Waals surface area (Å²) in [6.45, 7) is 9.68. The van der Waals surface area contributed by atoms with Gasteiger partial charge >= 0.3 is 10.1 Å². The van der Waals surface area contributed by atoms with Gasteiger partial charge in [-0.3, -0.25) is 4.79 Å². The van der Waals surface area contributed by atoms with Crippen LogP contribution >= 0.6 is 0 Å². The van der Waals surface area contributed by atoms with Crippen LogP contribution in [0.2, 0.25) is 0 Å². The van der Waals surface area contributed by atoms with Crippen molar-refractivity contribution >= 4 is 16.0 Å². The van der Waals surface area contributed by atoms with Gasteiger partial charge in [0.1, 0.15) is 5.75 Å². The molecule has 0 saturated heterocycles. The normalized spacial score (nSPS) is 13.0. The Morgan fingerprint density at radius 3 is 2.00 bits per heavy atom. The fourth-order valence-corrected chi connectivity index (χ4v) is 4.09. The molecule has 0 aliphatic carbocycles. The highest BCUT2D eigenvalue weighted by Gasteiger charge is 2.21. The molecule has 0 radical (unpaired) electrons. The van der Waals surface area contributed by atoms with Crippen molar-refractivity contribution in [2.75, 3.05) is 6.26 Å². The van der Waals surface area contributed by atoms with E-state index in [1.165, 1.54) is 0 Å². The van der Waals surface area contributed by atoms with Gasteiger partial charge in [-0.1, -0.05) is 70.2 Å². The molecule has 1 atom stereocenters. The highest BCUT2D eigenvalue weighted by Crippen LogP contribution is 2.27. The van der Waals surface area contributed by atoms with Gasteiger partial charge in [-0.2, -0.15) is 8.42 Å². The summed E-state index contributed by atoms with van der Waals surface area (Å²) in [4.78, 5) is 15.0. The number of nitrogens with zero attached hydrogens (tertiary/aromatic N) is 1. The number of carbonyl (C=O) groups excluding carboxylic acids is 1. The van der Waals surface area contributed by atoms with E-state index in [9.17, 15) is 13.2 Å². The van der Waals surface area contributed by atoms with Gasteiger partial charge in [-0.15, -0.1) is 0 Å². The van der Waals surface area contributed by atoms with E-state index in [4.69, 9.17) is 4.18 Å². The van der Waals surface area contributed by atoms with Crippen LogP contribution in [-0.4, -0.2) is 25.5 Å². The van der Waals surface area contributed by atoms with E-state index in [2.05, 4.69) is 27.7 Å². The van der Waals surface area contributed by atoms with Crippen molar-refractivity contribution in [3.63, 3.8) is 0 Å². The van der Waals surface area contributed by atoms with Crippen LogP contribution in [0.25, 0.3) is 0 Å². The molecule has 6 heteroatoms. The Hall–Kier alpha value is -2.34. The fourth-order valence-electron chi connectivity index (χ4n) is 3.63. The standard InChI is InChI=1S/C24H33NO4S/c1-19(16-24(2,3)4)15-23(26)25(17-20-9-7-6-8-10-20)18-21-11-13-22(14-12-21)29-30(5,27)28/h6-14,19H,15-18H2,1-5H3/t19-/m0/s1. The second-order valence-electron chi connectivity index (χ2n) is 9.24. The van der Waals surface area contributed by atoms with Gasteiger partial charge in [0.15, 0.2) is 0 Å². The quantitative estimate of drug-likeness (QED) is 0.523. The van der Waals surface area contributed by atoms with E-state index in [0.29, 0.717) is 25.4 Å². The summed E-state index contributed by atoms with van der Waals surface area (Å²) in [5.41, 5.74) is 2.18. The van der Waals surface area contributed by atoms with Crippen molar-refractivity contribution in [1.82, 2.24) is 4.90 Å². The molecule has 0 bridgehead atoms. The number of benzene rings is 2. The number of carbonyl (C=O) groups is 1. The lowest BCUT2D eigenvalue weighted by Crippen LogP contribution is -2.31. The van der Waals surface area contributed by atoms with E-state index >= 15 is 0 Å². The van der Waals surface area contributed by atoms with Crippen molar-refractivity contribution in [3.8, 4) is 5.75 Å². The molecule has 0 aromatic heterocycles. The maximum absolute atomic E-state index is 13.1. The van der Waals surface area contributed by atoms with Gasteiger partial charge in [-0.25, -0.2) is 0 Å². The molecule has 0 N–H and O–H groups in total. The average Bonchev–Trinajstić information content (AvgIpc) is 2.60. The first-order valence-electron chi connectivity index (χ1n) is 10.2. The van der Waals surface area contributed by atoms with Crippen molar-refractivity contribution in [2.45, 2.75) is 53.6 Å². The predicted molar refractivity (Wildman–Crippen MR) is 120 cm³/mol. The minimum absolute atomic E-state index is 0.118. The van der Waals surface area contributed by atoms with Crippen LogP contribution in [0.4, 0.5) is 0 Å². The molecular weight excluding hydrogens is 398 g/mol. The van der Waals surface area contributed by atoms with E-state index in [0.717, 1.165) is 23.8 Å². The van der Waals surface area contributed by atoms with Crippen LogP contribution in [0.15, 0.2) is 54.6 Å². The third-order valence-electron chi connectivity index (χ3n) is 4.60. The molecular formula is C24H33NO4S. The Labute approximate surface area is 181 Å². The largest absolute Gasteiger partial charge is 0.383 e. The molecule has 164 valence electrons. The zero-order valence-corrected chi connectivity index (χ0v) is 19.4. The molecule has 0 spiro atoms. The number of hydrogen-bond acceptors (Lipinski definition) is 4. The Morgan fingerprint density at radius 2 is 1.50 bits per heavy atom. The lowest BCUT2D eigenvalue weighted by molar-refractivity contribution is -0.133. The molecule has 2 aromatic rings. The first-order valence-corrected chi connectivity index (χ1v) is 12.0. The van der Waals surface area contributed by atoms with E-state index in [1.807, 2.05) is 35.2 Å². The summed E-state index contributed by atoms with van der Waals surface area (Å²) in [6, 6.07) is 16.8. The minimum atomic E-state index is -3.56. The molecule has 30 heavy (non-hydrogen) atoms. The van der Waals surface area contributed by atoms with E-state index in [-0.39, 0.29) is 17.1 Å². The third-order valence-corrected chi connectivity index (χ3v) is 5.09. The van der Waals surface area contributed by atoms with Crippen LogP contribution in [-0.2, 0) is 28.0 Å². The first-order chi connectivity index (χ1) is 13.9. The Balaban J connectivity index is 2.14. The molecule has 2 aromatic carbocycles. The van der Waals surface area contributed by atoms with Crippen molar-refractivity contribution in [1.29, 1.82) is 0 Å². The predicted octanol–water partition coefficient (Wildman–Crippen LogP) is 5.02. The van der Waals surface area contributed by atoms with Crippen LogP contribution in [0.1, 0.15) is 51.7 Å². The molecule has 0 aliphatic rings. The van der Waals surface area contributed by atoms with E-state index in [1.54, 1.807) is 24.3 Å². The summed E-state index contributed by atoms with van der Waals surface area (Å²) < 4.78 is 27.5. The van der Waals surface area contributed by atoms with Gasteiger partial charge in [0.25, 0.3) is 0 Å². The Kier molecular flexibility index (Phi) is 8.07. The second kappa shape index (κ2) is 10.1. The van der Waals surface area contributed by atoms with Crippen molar-refractivity contribution in [3.05, 3.63) is 65.7 Å². The molecule has 0 fully saturated rings. The summed E-state index contributed by atoms with van der Waals surface area (Å²) >= 11 is 0. The van der Waals surface area contributed by atoms with Crippen LogP contribution in [0.3, 0.4) is 0 Å². The van der Waals surface area contributed by atoms with Crippen molar-refractivity contribution in [2.24, 2.45) is 11.3 Å². The Bertz CT molecular complexity index is 916. The maximum Gasteiger partial charge on any atom is 0.306 e. The van der Waals surface area contributed by atoms with Crippen LogP contribution in [0, 0.1) is 11.3 Å². The minimum Gasteiger partial charge on any atom is -0.383 e. The number of amides is 1. The maximum atomic E-state index is 13.1. The lowest BCUT2D eigenvalue weighted by Gasteiger charge is -2.27. The average molecular weight is 432 g/mol. The van der Waals surface area contributed by atoms with Gasteiger partial charge in [0.2, 0.25) is 5.91 Å². The topological polar surface area (TPSA) is 63.7 Å².